The lowest BCUT2D eigenvalue weighted by molar-refractivity contribution is 0.407. The minimum atomic E-state index is -0.0339. The first kappa shape index (κ1) is 18.1. The fourth-order valence-corrected chi connectivity index (χ4v) is 3.74. The van der Waals surface area contributed by atoms with E-state index in [1.54, 1.807) is 12.1 Å². The lowest BCUT2D eigenvalue weighted by atomic mass is 9.73. The molecular formula is C24H26O2. The Morgan fingerprint density at radius 1 is 1.04 bits per heavy atom. The molecule has 3 rings (SSSR count). The standard InChI is InChI=1S/C24H26O2/c1-16(2)20-12-9-17(3)13-21(20)24-22(25)14-19(15-23(24)26)11-10-18-7-5-4-6-8-18/h4-8,10-11,13-15,20-21,25-26H,1,9,12H2,2-3H3/b11-10+/t20-,21+/m1/s1. The summed E-state index contributed by atoms with van der Waals surface area (Å²) in [5.41, 5.74) is 4.83. The van der Waals surface area contributed by atoms with Crippen LogP contribution in [0.5, 0.6) is 11.5 Å². The SMILES string of the molecule is C=C(C)[C@H]1CCC(C)=C[C@@H]1c1c(O)cc(/C=C/c2ccccc2)cc1O. The van der Waals surface area contributed by atoms with Crippen molar-refractivity contribution in [1.29, 1.82) is 0 Å². The van der Waals surface area contributed by atoms with Crippen molar-refractivity contribution in [3.8, 4) is 11.5 Å². The van der Waals surface area contributed by atoms with Gasteiger partial charge in [-0.2, -0.15) is 0 Å². The van der Waals surface area contributed by atoms with Crippen LogP contribution >= 0.6 is 0 Å². The molecule has 0 spiro atoms. The number of aromatic hydroxyl groups is 2. The summed E-state index contributed by atoms with van der Waals surface area (Å²) < 4.78 is 0. The molecule has 0 saturated heterocycles. The van der Waals surface area contributed by atoms with Crippen LogP contribution in [0.4, 0.5) is 0 Å². The van der Waals surface area contributed by atoms with E-state index in [0.29, 0.717) is 5.56 Å². The molecule has 26 heavy (non-hydrogen) atoms. The van der Waals surface area contributed by atoms with Crippen LogP contribution < -0.4 is 0 Å². The van der Waals surface area contributed by atoms with Crippen LogP contribution in [0.1, 0.15) is 49.3 Å². The van der Waals surface area contributed by atoms with Crippen LogP contribution in [-0.2, 0) is 0 Å². The van der Waals surface area contributed by atoms with Crippen LogP contribution in [0, 0.1) is 5.92 Å². The van der Waals surface area contributed by atoms with Gasteiger partial charge in [0.25, 0.3) is 0 Å². The van der Waals surface area contributed by atoms with E-state index in [4.69, 9.17) is 0 Å². The van der Waals surface area contributed by atoms with Crippen molar-refractivity contribution in [2.45, 2.75) is 32.6 Å². The van der Waals surface area contributed by atoms with Gasteiger partial charge in [0.05, 0.1) is 0 Å². The molecule has 0 saturated carbocycles. The van der Waals surface area contributed by atoms with Crippen molar-refractivity contribution >= 4 is 12.2 Å². The monoisotopic (exact) mass is 346 g/mol. The molecule has 0 fully saturated rings. The highest BCUT2D eigenvalue weighted by molar-refractivity contribution is 5.72. The molecule has 2 N–H and O–H groups in total. The minimum absolute atomic E-state index is 0.0339. The van der Waals surface area contributed by atoms with Crippen molar-refractivity contribution in [1.82, 2.24) is 0 Å². The summed E-state index contributed by atoms with van der Waals surface area (Å²) in [5, 5.41) is 21.3. The largest absolute Gasteiger partial charge is 0.507 e. The molecule has 1 aliphatic carbocycles. The van der Waals surface area contributed by atoms with Crippen LogP contribution in [0.15, 0.2) is 66.3 Å². The smallest absolute Gasteiger partial charge is 0.123 e. The molecule has 2 heteroatoms. The molecule has 0 radical (unpaired) electrons. The highest BCUT2D eigenvalue weighted by atomic mass is 16.3. The average Bonchev–Trinajstić information content (AvgIpc) is 2.60. The molecule has 2 aromatic carbocycles. The number of allylic oxidation sites excluding steroid dienone is 3. The molecule has 0 unspecified atom stereocenters. The molecule has 2 nitrogen and oxygen atoms in total. The molecule has 0 aliphatic heterocycles. The molecule has 0 aromatic heterocycles. The fourth-order valence-electron chi connectivity index (χ4n) is 3.74. The Labute approximate surface area is 155 Å². The Bertz CT molecular complexity index is 836. The van der Waals surface area contributed by atoms with E-state index in [1.807, 2.05) is 49.4 Å². The van der Waals surface area contributed by atoms with Gasteiger partial charge >= 0.3 is 0 Å². The number of hydrogen-bond donors (Lipinski definition) is 2. The van der Waals surface area contributed by atoms with E-state index >= 15 is 0 Å². The predicted octanol–water partition coefficient (Wildman–Crippen LogP) is 6.28. The number of rotatable bonds is 4. The van der Waals surface area contributed by atoms with Crippen molar-refractivity contribution in [3.05, 3.63) is 83.0 Å². The van der Waals surface area contributed by atoms with E-state index in [-0.39, 0.29) is 23.3 Å². The van der Waals surface area contributed by atoms with Crippen LogP contribution in [0.2, 0.25) is 0 Å². The van der Waals surface area contributed by atoms with Gasteiger partial charge < -0.3 is 10.2 Å². The Balaban J connectivity index is 1.95. The van der Waals surface area contributed by atoms with Crippen molar-refractivity contribution in [2.75, 3.05) is 0 Å². The van der Waals surface area contributed by atoms with Gasteiger partial charge in [-0.1, -0.05) is 66.3 Å². The molecule has 0 bridgehead atoms. The minimum Gasteiger partial charge on any atom is -0.507 e. The molecule has 134 valence electrons. The molecule has 0 heterocycles. The zero-order chi connectivity index (χ0) is 18.7. The third-order valence-electron chi connectivity index (χ3n) is 5.14. The van der Waals surface area contributed by atoms with E-state index in [0.717, 1.165) is 29.5 Å². The van der Waals surface area contributed by atoms with E-state index < -0.39 is 0 Å². The maximum atomic E-state index is 10.7. The van der Waals surface area contributed by atoms with E-state index in [1.165, 1.54) is 5.57 Å². The van der Waals surface area contributed by atoms with Crippen LogP contribution in [0.3, 0.4) is 0 Å². The van der Waals surface area contributed by atoms with Gasteiger partial charge in [0, 0.05) is 11.5 Å². The van der Waals surface area contributed by atoms with Crippen molar-refractivity contribution in [2.24, 2.45) is 5.92 Å². The number of phenolic OH excluding ortho intramolecular Hbond substituents is 2. The summed E-state index contributed by atoms with van der Waals surface area (Å²) in [5.74, 6) is 0.481. The fraction of sp³-hybridized carbons (Fsp3) is 0.250. The second kappa shape index (κ2) is 7.65. The molecule has 2 aromatic rings. The van der Waals surface area contributed by atoms with E-state index in [9.17, 15) is 10.2 Å². The third kappa shape index (κ3) is 3.91. The highest BCUT2D eigenvalue weighted by Gasteiger charge is 2.29. The van der Waals surface area contributed by atoms with Crippen molar-refractivity contribution in [3.63, 3.8) is 0 Å². The number of benzene rings is 2. The summed E-state index contributed by atoms with van der Waals surface area (Å²) in [6.45, 7) is 8.24. The molecule has 2 atom stereocenters. The van der Waals surface area contributed by atoms with Gasteiger partial charge in [-0.3, -0.25) is 0 Å². The Hall–Kier alpha value is -2.74. The summed E-state index contributed by atoms with van der Waals surface area (Å²) in [6.07, 6.45) is 8.06. The lowest BCUT2D eigenvalue weighted by Crippen LogP contribution is -2.17. The summed E-state index contributed by atoms with van der Waals surface area (Å²) >= 11 is 0. The first-order chi connectivity index (χ1) is 12.5. The first-order valence-corrected chi connectivity index (χ1v) is 9.07. The second-order valence-corrected chi connectivity index (χ2v) is 7.25. The zero-order valence-corrected chi connectivity index (χ0v) is 15.4. The zero-order valence-electron chi connectivity index (χ0n) is 15.4. The van der Waals surface area contributed by atoms with Gasteiger partial charge in [0.15, 0.2) is 0 Å². The maximum absolute atomic E-state index is 10.7. The summed E-state index contributed by atoms with van der Waals surface area (Å²) in [6, 6.07) is 13.4. The number of phenols is 2. The van der Waals surface area contributed by atoms with Gasteiger partial charge in [-0.05, 0) is 55.9 Å². The van der Waals surface area contributed by atoms with Crippen LogP contribution in [-0.4, -0.2) is 10.2 Å². The predicted molar refractivity (Wildman–Crippen MR) is 109 cm³/mol. The Morgan fingerprint density at radius 3 is 2.27 bits per heavy atom. The Morgan fingerprint density at radius 2 is 1.65 bits per heavy atom. The first-order valence-electron chi connectivity index (χ1n) is 9.07. The molecule has 0 amide bonds. The summed E-state index contributed by atoms with van der Waals surface area (Å²) in [4.78, 5) is 0. The van der Waals surface area contributed by atoms with Gasteiger partial charge in [0.2, 0.25) is 0 Å². The number of hydrogen-bond acceptors (Lipinski definition) is 2. The van der Waals surface area contributed by atoms with Crippen LogP contribution in [0.25, 0.3) is 12.2 Å². The van der Waals surface area contributed by atoms with Gasteiger partial charge in [-0.25, -0.2) is 0 Å². The maximum Gasteiger partial charge on any atom is 0.123 e. The molecular weight excluding hydrogens is 320 g/mol. The second-order valence-electron chi connectivity index (χ2n) is 7.25. The molecule has 1 aliphatic rings. The van der Waals surface area contributed by atoms with Gasteiger partial charge in [-0.15, -0.1) is 0 Å². The topological polar surface area (TPSA) is 40.5 Å². The quantitative estimate of drug-likeness (QED) is 0.505. The summed E-state index contributed by atoms with van der Waals surface area (Å²) in [7, 11) is 0. The highest BCUT2D eigenvalue weighted by Crippen LogP contribution is 2.46. The average molecular weight is 346 g/mol. The van der Waals surface area contributed by atoms with Gasteiger partial charge in [0.1, 0.15) is 11.5 Å². The van der Waals surface area contributed by atoms with Crippen molar-refractivity contribution < 1.29 is 10.2 Å². The lowest BCUT2D eigenvalue weighted by Gasteiger charge is -2.31. The third-order valence-corrected chi connectivity index (χ3v) is 5.14. The van der Waals surface area contributed by atoms with E-state index in [2.05, 4.69) is 19.6 Å². The normalized spacial score (nSPS) is 20.2. The Kier molecular flexibility index (Phi) is 5.32.